The van der Waals surface area contributed by atoms with E-state index in [2.05, 4.69) is 44.5 Å². The summed E-state index contributed by atoms with van der Waals surface area (Å²) in [6.45, 7) is 8.52. The molecule has 154 valence electrons. The first-order valence-corrected chi connectivity index (χ1v) is 11.1. The van der Waals surface area contributed by atoms with E-state index in [0.29, 0.717) is 12.6 Å². The van der Waals surface area contributed by atoms with E-state index >= 15 is 0 Å². The van der Waals surface area contributed by atoms with Gasteiger partial charge in [0.05, 0.1) is 0 Å². The lowest BCUT2D eigenvalue weighted by molar-refractivity contribution is 0.187. The van der Waals surface area contributed by atoms with Gasteiger partial charge in [-0.2, -0.15) is 0 Å². The van der Waals surface area contributed by atoms with Gasteiger partial charge in [-0.25, -0.2) is 9.78 Å². The molecule has 2 saturated heterocycles. The van der Waals surface area contributed by atoms with Crippen LogP contribution in [-0.4, -0.2) is 54.7 Å². The number of nitrogens with zero attached hydrogens (tertiary/aromatic N) is 3. The third-order valence-corrected chi connectivity index (χ3v) is 6.51. The summed E-state index contributed by atoms with van der Waals surface area (Å²) in [6.07, 6.45) is 9.32. The van der Waals surface area contributed by atoms with Gasteiger partial charge in [0, 0.05) is 51.5 Å². The summed E-state index contributed by atoms with van der Waals surface area (Å²) < 4.78 is 0. The van der Waals surface area contributed by atoms with Gasteiger partial charge in [0.1, 0.15) is 5.82 Å². The Kier molecular flexibility index (Phi) is 6.35. The SMILES string of the molecule is CC1CCN(c2ccc(CNC(=O)NC3CCN(CC4CC4)CC3)cn2)CC1. The normalized spacial score (nSPS) is 22.2. The molecule has 3 aliphatic rings. The smallest absolute Gasteiger partial charge is 0.315 e. The second-order valence-corrected chi connectivity index (χ2v) is 9.04. The number of carbonyl (C=O) groups is 1. The average molecular weight is 386 g/mol. The fourth-order valence-electron chi connectivity index (χ4n) is 4.29. The van der Waals surface area contributed by atoms with Gasteiger partial charge in [-0.15, -0.1) is 0 Å². The molecule has 2 N–H and O–H groups in total. The maximum Gasteiger partial charge on any atom is 0.315 e. The highest BCUT2D eigenvalue weighted by atomic mass is 16.2. The largest absolute Gasteiger partial charge is 0.357 e. The van der Waals surface area contributed by atoms with E-state index in [-0.39, 0.29) is 6.03 Å². The van der Waals surface area contributed by atoms with Crippen molar-refractivity contribution in [3.8, 4) is 0 Å². The number of hydrogen-bond donors (Lipinski definition) is 2. The summed E-state index contributed by atoms with van der Waals surface area (Å²) in [5, 5.41) is 6.13. The summed E-state index contributed by atoms with van der Waals surface area (Å²) in [4.78, 5) is 21.8. The lowest BCUT2D eigenvalue weighted by Crippen LogP contribution is -2.48. The highest BCUT2D eigenvalue weighted by molar-refractivity contribution is 5.74. The fraction of sp³-hybridized carbons (Fsp3) is 0.727. The fourth-order valence-corrected chi connectivity index (χ4v) is 4.29. The van der Waals surface area contributed by atoms with E-state index in [0.717, 1.165) is 62.2 Å². The van der Waals surface area contributed by atoms with Crippen LogP contribution in [0.1, 0.15) is 51.0 Å². The number of amides is 2. The predicted molar refractivity (Wildman–Crippen MR) is 112 cm³/mol. The summed E-state index contributed by atoms with van der Waals surface area (Å²) in [5.74, 6) is 2.83. The first-order valence-electron chi connectivity index (χ1n) is 11.1. The predicted octanol–water partition coefficient (Wildman–Crippen LogP) is 2.99. The molecule has 1 aliphatic carbocycles. The molecule has 6 heteroatoms. The van der Waals surface area contributed by atoms with Crippen molar-refractivity contribution in [1.29, 1.82) is 0 Å². The van der Waals surface area contributed by atoms with Gasteiger partial charge < -0.3 is 20.4 Å². The van der Waals surface area contributed by atoms with Crippen LogP contribution >= 0.6 is 0 Å². The second kappa shape index (κ2) is 9.12. The average Bonchev–Trinajstić information content (AvgIpc) is 3.53. The molecule has 3 fully saturated rings. The zero-order chi connectivity index (χ0) is 19.3. The number of carbonyl (C=O) groups excluding carboxylic acids is 1. The molecule has 28 heavy (non-hydrogen) atoms. The van der Waals surface area contributed by atoms with Crippen molar-refractivity contribution in [2.24, 2.45) is 11.8 Å². The number of hydrogen-bond acceptors (Lipinski definition) is 4. The monoisotopic (exact) mass is 385 g/mol. The number of anilines is 1. The number of urea groups is 1. The van der Waals surface area contributed by atoms with Crippen molar-refractivity contribution in [2.75, 3.05) is 37.6 Å². The van der Waals surface area contributed by atoms with Crippen molar-refractivity contribution in [3.05, 3.63) is 23.9 Å². The Balaban J connectivity index is 1.15. The lowest BCUT2D eigenvalue weighted by atomic mass is 9.99. The van der Waals surface area contributed by atoms with Gasteiger partial charge in [-0.3, -0.25) is 0 Å². The van der Waals surface area contributed by atoms with E-state index in [1.54, 1.807) is 0 Å². The molecule has 0 spiro atoms. The van der Waals surface area contributed by atoms with Crippen LogP contribution in [0.25, 0.3) is 0 Å². The van der Waals surface area contributed by atoms with Crippen molar-refractivity contribution in [1.82, 2.24) is 20.5 Å². The van der Waals surface area contributed by atoms with Crippen LogP contribution in [0.4, 0.5) is 10.6 Å². The number of nitrogens with one attached hydrogen (secondary N) is 2. The van der Waals surface area contributed by atoms with Crippen molar-refractivity contribution < 1.29 is 4.79 Å². The first kappa shape index (κ1) is 19.5. The van der Waals surface area contributed by atoms with Gasteiger partial charge in [0.2, 0.25) is 0 Å². The molecule has 0 radical (unpaired) electrons. The highest BCUT2D eigenvalue weighted by Crippen LogP contribution is 2.30. The molecule has 2 aliphatic heterocycles. The van der Waals surface area contributed by atoms with E-state index in [9.17, 15) is 4.79 Å². The van der Waals surface area contributed by atoms with Gasteiger partial charge in [-0.1, -0.05) is 13.0 Å². The standard InChI is InChI=1S/C22H35N5O/c1-17-6-12-27(13-7-17)21-5-4-19(14-23-21)15-24-22(28)25-20-8-10-26(11-9-20)16-18-2-3-18/h4-5,14,17-18,20H,2-3,6-13,15-16H2,1H3,(H2,24,25,28). The molecule has 0 atom stereocenters. The Morgan fingerprint density at radius 2 is 1.82 bits per heavy atom. The molecule has 0 bridgehead atoms. The Morgan fingerprint density at radius 3 is 2.46 bits per heavy atom. The number of pyridine rings is 1. The number of piperidine rings is 2. The Hall–Kier alpha value is -1.82. The quantitative estimate of drug-likeness (QED) is 0.790. The molecular formula is C22H35N5O. The van der Waals surface area contributed by atoms with Crippen LogP contribution in [0.3, 0.4) is 0 Å². The molecule has 4 rings (SSSR count). The van der Waals surface area contributed by atoms with Crippen LogP contribution in [-0.2, 0) is 6.54 Å². The molecule has 1 saturated carbocycles. The summed E-state index contributed by atoms with van der Waals surface area (Å²) in [6, 6.07) is 4.41. The second-order valence-electron chi connectivity index (χ2n) is 9.04. The molecule has 0 aromatic carbocycles. The maximum atomic E-state index is 12.2. The van der Waals surface area contributed by atoms with E-state index in [4.69, 9.17) is 0 Å². The minimum atomic E-state index is -0.0604. The lowest BCUT2D eigenvalue weighted by Gasteiger charge is -2.32. The number of likely N-dealkylation sites (tertiary alicyclic amines) is 1. The Morgan fingerprint density at radius 1 is 1.07 bits per heavy atom. The van der Waals surface area contributed by atoms with Crippen molar-refractivity contribution in [3.63, 3.8) is 0 Å². The number of rotatable bonds is 6. The topological polar surface area (TPSA) is 60.5 Å². The first-order chi connectivity index (χ1) is 13.7. The van der Waals surface area contributed by atoms with Crippen molar-refractivity contribution >= 4 is 11.8 Å². The molecule has 1 aromatic heterocycles. The minimum Gasteiger partial charge on any atom is -0.357 e. The van der Waals surface area contributed by atoms with Crippen LogP contribution in [0.5, 0.6) is 0 Å². The van der Waals surface area contributed by atoms with Gasteiger partial charge in [0.15, 0.2) is 0 Å². The van der Waals surface area contributed by atoms with Gasteiger partial charge >= 0.3 is 6.03 Å². The zero-order valence-corrected chi connectivity index (χ0v) is 17.2. The third kappa shape index (κ3) is 5.60. The summed E-state index contributed by atoms with van der Waals surface area (Å²) >= 11 is 0. The zero-order valence-electron chi connectivity index (χ0n) is 17.2. The Bertz CT molecular complexity index is 629. The summed E-state index contributed by atoms with van der Waals surface area (Å²) in [5.41, 5.74) is 1.04. The van der Waals surface area contributed by atoms with Crippen LogP contribution in [0.15, 0.2) is 18.3 Å². The minimum absolute atomic E-state index is 0.0604. The third-order valence-electron chi connectivity index (χ3n) is 6.51. The van der Waals surface area contributed by atoms with Gasteiger partial charge in [-0.05, 0) is 62.0 Å². The number of aromatic nitrogens is 1. The summed E-state index contributed by atoms with van der Waals surface area (Å²) in [7, 11) is 0. The maximum absolute atomic E-state index is 12.2. The van der Waals surface area contributed by atoms with Crippen molar-refractivity contribution in [2.45, 2.75) is 58.0 Å². The van der Waals surface area contributed by atoms with Gasteiger partial charge in [0.25, 0.3) is 0 Å². The van der Waals surface area contributed by atoms with E-state index in [1.165, 1.54) is 32.2 Å². The van der Waals surface area contributed by atoms with Crippen LogP contribution < -0.4 is 15.5 Å². The molecule has 3 heterocycles. The van der Waals surface area contributed by atoms with Crippen LogP contribution in [0.2, 0.25) is 0 Å². The molecule has 1 aromatic rings. The van der Waals surface area contributed by atoms with Crippen LogP contribution in [0, 0.1) is 11.8 Å². The molecule has 2 amide bonds. The molecule has 0 unspecified atom stereocenters. The van der Waals surface area contributed by atoms with E-state index < -0.39 is 0 Å². The molecule has 6 nitrogen and oxygen atoms in total. The van der Waals surface area contributed by atoms with E-state index in [1.807, 2.05) is 6.20 Å². The molecular weight excluding hydrogens is 350 g/mol. The highest BCUT2D eigenvalue weighted by Gasteiger charge is 2.27. The Labute approximate surface area is 169 Å².